The molecule has 3 aliphatic rings. The van der Waals surface area contributed by atoms with Crippen molar-refractivity contribution in [3.05, 3.63) is 71.8 Å². The highest BCUT2D eigenvalue weighted by Gasteiger charge is 2.98. The van der Waals surface area contributed by atoms with Gasteiger partial charge in [0.15, 0.2) is 0 Å². The minimum absolute atomic E-state index is 0.116. The number of hydrogen-bond donors (Lipinski definition) is 1. The van der Waals surface area contributed by atoms with Gasteiger partial charge >= 0.3 is 0 Å². The Morgan fingerprint density at radius 1 is 0.818 bits per heavy atom. The van der Waals surface area contributed by atoms with Gasteiger partial charge in [-0.25, -0.2) is 0 Å². The zero-order valence-corrected chi connectivity index (χ0v) is 13.2. The van der Waals surface area contributed by atoms with E-state index in [0.717, 1.165) is 6.42 Å². The van der Waals surface area contributed by atoms with Gasteiger partial charge in [-0.3, -0.25) is 0 Å². The van der Waals surface area contributed by atoms with Crippen LogP contribution in [0.3, 0.4) is 0 Å². The summed E-state index contributed by atoms with van der Waals surface area (Å²) in [5.41, 5.74) is 3.42. The van der Waals surface area contributed by atoms with Crippen molar-refractivity contribution in [3.63, 3.8) is 0 Å². The first kappa shape index (κ1) is 12.9. The Bertz CT molecular complexity index is 735. The van der Waals surface area contributed by atoms with Gasteiger partial charge < -0.3 is 5.11 Å². The molecule has 0 unspecified atom stereocenters. The van der Waals surface area contributed by atoms with Crippen molar-refractivity contribution in [3.8, 4) is 0 Å². The number of rotatable bonds is 2. The molecule has 0 aliphatic heterocycles. The Morgan fingerprint density at radius 3 is 1.82 bits per heavy atom. The second kappa shape index (κ2) is 3.65. The van der Waals surface area contributed by atoms with E-state index in [2.05, 4.69) is 74.5 Å². The fourth-order valence-corrected chi connectivity index (χ4v) is 6.93. The largest absolute Gasteiger partial charge is 0.393 e. The Labute approximate surface area is 132 Å². The predicted octanol–water partition coefficient (Wildman–Crippen LogP) is 3.91. The molecule has 1 nitrogen and oxygen atoms in total. The Hall–Kier alpha value is -1.60. The lowest BCUT2D eigenvalue weighted by atomic mass is 9.43. The van der Waals surface area contributed by atoms with E-state index < -0.39 is 0 Å². The maximum absolute atomic E-state index is 10.5. The van der Waals surface area contributed by atoms with E-state index in [9.17, 15) is 5.11 Å². The van der Waals surface area contributed by atoms with Gasteiger partial charge in [-0.05, 0) is 34.8 Å². The van der Waals surface area contributed by atoms with Gasteiger partial charge in [0.05, 0.1) is 6.10 Å². The van der Waals surface area contributed by atoms with E-state index in [1.165, 1.54) is 11.1 Å². The molecule has 2 aromatic rings. The van der Waals surface area contributed by atoms with Crippen LogP contribution in [0.1, 0.15) is 31.4 Å². The van der Waals surface area contributed by atoms with Gasteiger partial charge in [0.25, 0.3) is 0 Å². The van der Waals surface area contributed by atoms with Crippen LogP contribution < -0.4 is 0 Å². The summed E-state index contributed by atoms with van der Waals surface area (Å²) in [6.45, 7) is 4.83. The van der Waals surface area contributed by atoms with Crippen LogP contribution in [0.25, 0.3) is 0 Å². The van der Waals surface area contributed by atoms with E-state index in [1.807, 2.05) is 0 Å². The first-order chi connectivity index (χ1) is 10.6. The van der Waals surface area contributed by atoms with Gasteiger partial charge in [0.2, 0.25) is 0 Å². The molecule has 0 radical (unpaired) electrons. The van der Waals surface area contributed by atoms with Crippen LogP contribution in [0.2, 0.25) is 0 Å². The predicted molar refractivity (Wildman–Crippen MR) is 87.6 cm³/mol. The average molecular weight is 290 g/mol. The van der Waals surface area contributed by atoms with E-state index in [0.29, 0.717) is 11.8 Å². The van der Waals surface area contributed by atoms with E-state index in [4.69, 9.17) is 0 Å². The van der Waals surface area contributed by atoms with Crippen LogP contribution in [0.5, 0.6) is 0 Å². The molecule has 3 saturated carbocycles. The SMILES string of the molecule is CC1(C)[C@]2(c3ccccc3)[C@H]3[C@@H](O)C[C@@H]3[C@@]12c1ccccc1. The van der Waals surface area contributed by atoms with Gasteiger partial charge in [-0.2, -0.15) is 0 Å². The third-order valence-electron chi connectivity index (χ3n) is 7.39. The van der Waals surface area contributed by atoms with Crippen molar-refractivity contribution >= 4 is 0 Å². The Kier molecular flexibility index (Phi) is 2.14. The summed E-state index contributed by atoms with van der Waals surface area (Å²) in [5.74, 6) is 1.07. The fraction of sp³-hybridized carbons (Fsp3) is 0.429. The summed E-state index contributed by atoms with van der Waals surface area (Å²) >= 11 is 0. The van der Waals surface area contributed by atoms with Crippen molar-refractivity contribution in [1.82, 2.24) is 0 Å². The summed E-state index contributed by atoms with van der Waals surface area (Å²) < 4.78 is 0. The molecule has 22 heavy (non-hydrogen) atoms. The lowest BCUT2D eigenvalue weighted by molar-refractivity contribution is -0.133. The molecule has 0 amide bonds. The molecule has 5 rings (SSSR count). The summed E-state index contributed by atoms with van der Waals surface area (Å²) in [6, 6.07) is 22.0. The highest BCUT2D eigenvalue weighted by molar-refractivity contribution is 5.65. The zero-order chi connectivity index (χ0) is 15.2. The minimum atomic E-state index is -0.121. The molecule has 0 bridgehead atoms. The highest BCUT2D eigenvalue weighted by Crippen LogP contribution is 2.96. The Morgan fingerprint density at radius 2 is 1.32 bits per heavy atom. The summed E-state index contributed by atoms with van der Waals surface area (Å²) in [7, 11) is 0. The van der Waals surface area contributed by atoms with Crippen LogP contribution in [0, 0.1) is 17.3 Å². The quantitative estimate of drug-likeness (QED) is 0.889. The lowest BCUT2D eigenvalue weighted by Crippen LogP contribution is -2.64. The van der Waals surface area contributed by atoms with Crippen LogP contribution in [0.4, 0.5) is 0 Å². The normalized spacial score (nSPS) is 43.3. The van der Waals surface area contributed by atoms with E-state index >= 15 is 0 Å². The Balaban J connectivity index is 1.76. The molecule has 1 heteroatoms. The van der Waals surface area contributed by atoms with E-state index in [1.54, 1.807) is 0 Å². The molecular weight excluding hydrogens is 268 g/mol. The molecule has 3 fully saturated rings. The highest BCUT2D eigenvalue weighted by atomic mass is 16.3. The summed E-state index contributed by atoms with van der Waals surface area (Å²) in [4.78, 5) is 0. The second-order valence-corrected chi connectivity index (χ2v) is 7.91. The van der Waals surface area contributed by atoms with Gasteiger partial charge in [0.1, 0.15) is 0 Å². The summed E-state index contributed by atoms with van der Waals surface area (Å²) in [6.07, 6.45) is 0.848. The smallest absolute Gasteiger partial charge is 0.0583 e. The van der Waals surface area contributed by atoms with Crippen LogP contribution in [-0.4, -0.2) is 11.2 Å². The molecular formula is C21H22O. The first-order valence-corrected chi connectivity index (χ1v) is 8.39. The van der Waals surface area contributed by atoms with Crippen LogP contribution in [-0.2, 0) is 10.8 Å². The van der Waals surface area contributed by atoms with Crippen LogP contribution >= 0.6 is 0 Å². The number of aliphatic hydroxyl groups excluding tert-OH is 1. The van der Waals surface area contributed by atoms with Crippen molar-refractivity contribution < 1.29 is 5.11 Å². The maximum atomic E-state index is 10.5. The van der Waals surface area contributed by atoms with Crippen LogP contribution in [0.15, 0.2) is 60.7 Å². The molecule has 0 spiro atoms. The number of fused-ring (bicyclic) bond motifs is 4. The fourth-order valence-electron chi connectivity index (χ4n) is 6.93. The van der Waals surface area contributed by atoms with Crippen molar-refractivity contribution in [2.75, 3.05) is 0 Å². The van der Waals surface area contributed by atoms with Gasteiger partial charge in [-0.1, -0.05) is 74.5 Å². The lowest BCUT2D eigenvalue weighted by Gasteiger charge is -2.61. The third-order valence-corrected chi connectivity index (χ3v) is 7.39. The topological polar surface area (TPSA) is 20.2 Å². The summed E-state index contributed by atoms with van der Waals surface area (Å²) in [5, 5.41) is 10.5. The molecule has 112 valence electrons. The van der Waals surface area contributed by atoms with Gasteiger partial charge in [0, 0.05) is 10.8 Å². The monoisotopic (exact) mass is 290 g/mol. The number of benzene rings is 2. The molecule has 0 heterocycles. The maximum Gasteiger partial charge on any atom is 0.0583 e. The second-order valence-electron chi connectivity index (χ2n) is 7.91. The first-order valence-electron chi connectivity index (χ1n) is 8.39. The molecule has 2 aromatic carbocycles. The van der Waals surface area contributed by atoms with Crippen molar-refractivity contribution in [1.29, 1.82) is 0 Å². The van der Waals surface area contributed by atoms with Crippen molar-refractivity contribution in [2.45, 2.75) is 37.2 Å². The molecule has 0 aromatic heterocycles. The zero-order valence-electron chi connectivity index (χ0n) is 13.2. The van der Waals surface area contributed by atoms with Crippen molar-refractivity contribution in [2.24, 2.45) is 17.3 Å². The third kappa shape index (κ3) is 0.980. The average Bonchev–Trinajstić information content (AvgIpc) is 2.91. The molecule has 0 saturated heterocycles. The number of aliphatic hydroxyl groups is 1. The molecule has 5 atom stereocenters. The van der Waals surface area contributed by atoms with E-state index in [-0.39, 0.29) is 22.3 Å². The number of hydrogen-bond acceptors (Lipinski definition) is 1. The van der Waals surface area contributed by atoms with Gasteiger partial charge in [-0.15, -0.1) is 0 Å². The minimum Gasteiger partial charge on any atom is -0.393 e. The standard InChI is InChI=1S/C21H22O/c1-19(2)20(14-9-5-3-6-10-14)16-13-17(22)18(16)21(19,20)15-11-7-4-8-12-15/h3-12,16-18,22H,13H2,1-2H3/t16-,17-,18+,20-,21-/m0/s1. The molecule has 1 N–H and O–H groups in total. The molecule has 3 aliphatic carbocycles.